The Hall–Kier alpha value is -0.640. The van der Waals surface area contributed by atoms with Crippen LogP contribution in [-0.4, -0.2) is 20.2 Å². The van der Waals surface area contributed by atoms with E-state index in [1.54, 1.807) is 6.07 Å². The number of hydrogen-bond acceptors (Lipinski definition) is 2. The van der Waals surface area contributed by atoms with Gasteiger partial charge in [0.15, 0.2) is 0 Å². The lowest BCUT2D eigenvalue weighted by molar-refractivity contribution is -0.0272. The van der Waals surface area contributed by atoms with Gasteiger partial charge in [-0.05, 0) is 37.6 Å². The van der Waals surface area contributed by atoms with Crippen molar-refractivity contribution in [3.63, 3.8) is 0 Å². The van der Waals surface area contributed by atoms with E-state index in [0.717, 1.165) is 31.6 Å². The summed E-state index contributed by atoms with van der Waals surface area (Å²) >= 11 is 6.09. The van der Waals surface area contributed by atoms with Crippen molar-refractivity contribution in [3.8, 4) is 0 Å². The molecule has 4 heteroatoms. The van der Waals surface area contributed by atoms with Crippen molar-refractivity contribution >= 4 is 11.6 Å². The van der Waals surface area contributed by atoms with Crippen LogP contribution in [-0.2, 0) is 4.74 Å². The van der Waals surface area contributed by atoms with Crippen LogP contribution in [0, 0.1) is 11.7 Å². The van der Waals surface area contributed by atoms with Crippen LogP contribution in [0.15, 0.2) is 18.2 Å². The van der Waals surface area contributed by atoms with Crippen LogP contribution in [0.25, 0.3) is 0 Å². The molecule has 0 bridgehead atoms. The van der Waals surface area contributed by atoms with Crippen molar-refractivity contribution in [2.75, 3.05) is 20.2 Å². The van der Waals surface area contributed by atoms with Crippen molar-refractivity contribution in [3.05, 3.63) is 34.6 Å². The highest BCUT2D eigenvalue weighted by atomic mass is 35.5. The maximum Gasteiger partial charge on any atom is 0.124 e. The minimum absolute atomic E-state index is 0.0238. The van der Waals surface area contributed by atoms with Gasteiger partial charge in [0.1, 0.15) is 5.82 Å². The Morgan fingerprint density at radius 2 is 2.35 bits per heavy atom. The Bertz CT molecular complexity index is 384. The number of benzene rings is 1. The molecule has 0 radical (unpaired) electrons. The predicted molar refractivity (Wildman–Crippen MR) is 66.8 cm³/mol. The molecule has 1 aliphatic heterocycles. The molecule has 0 aromatic heterocycles. The summed E-state index contributed by atoms with van der Waals surface area (Å²) in [6, 6.07) is 4.53. The zero-order valence-electron chi connectivity index (χ0n) is 9.88. The highest BCUT2D eigenvalue weighted by Gasteiger charge is 2.28. The van der Waals surface area contributed by atoms with Gasteiger partial charge >= 0.3 is 0 Å². The van der Waals surface area contributed by atoms with Crippen molar-refractivity contribution in [2.45, 2.75) is 18.9 Å². The molecular formula is C13H17ClFNO. The van der Waals surface area contributed by atoms with Crippen LogP contribution < -0.4 is 5.32 Å². The lowest BCUT2D eigenvalue weighted by Gasteiger charge is -2.32. The quantitative estimate of drug-likeness (QED) is 0.898. The molecule has 1 heterocycles. The first-order valence-corrected chi connectivity index (χ1v) is 6.31. The molecule has 0 spiro atoms. The van der Waals surface area contributed by atoms with Crippen LogP contribution in [0.4, 0.5) is 4.39 Å². The van der Waals surface area contributed by atoms with E-state index in [-0.39, 0.29) is 11.9 Å². The lowest BCUT2D eigenvalue weighted by Crippen LogP contribution is -2.30. The van der Waals surface area contributed by atoms with Gasteiger partial charge in [0.25, 0.3) is 0 Å². The number of ether oxygens (including phenoxy) is 1. The SMILES string of the molecule is CNCC1CCCOC1c1ccc(F)cc1Cl. The maximum atomic E-state index is 13.0. The van der Waals surface area contributed by atoms with Gasteiger partial charge in [-0.1, -0.05) is 17.7 Å². The van der Waals surface area contributed by atoms with Crippen LogP contribution in [0.5, 0.6) is 0 Å². The normalized spacial score (nSPS) is 24.9. The fourth-order valence-electron chi connectivity index (χ4n) is 2.39. The molecule has 2 atom stereocenters. The lowest BCUT2D eigenvalue weighted by atomic mass is 9.89. The van der Waals surface area contributed by atoms with E-state index < -0.39 is 0 Å². The number of hydrogen-bond donors (Lipinski definition) is 1. The van der Waals surface area contributed by atoms with E-state index in [1.807, 2.05) is 7.05 Å². The minimum Gasteiger partial charge on any atom is -0.373 e. The summed E-state index contributed by atoms with van der Waals surface area (Å²) in [5.74, 6) is 0.0939. The maximum absolute atomic E-state index is 13.0. The van der Waals surface area contributed by atoms with Gasteiger partial charge in [0, 0.05) is 24.1 Å². The van der Waals surface area contributed by atoms with Crippen LogP contribution in [0.3, 0.4) is 0 Å². The number of rotatable bonds is 3. The molecule has 1 fully saturated rings. The molecule has 1 aliphatic rings. The summed E-state index contributed by atoms with van der Waals surface area (Å²) in [4.78, 5) is 0. The fourth-order valence-corrected chi connectivity index (χ4v) is 2.67. The predicted octanol–water partition coefficient (Wildman–Crippen LogP) is 3.17. The van der Waals surface area contributed by atoms with E-state index in [9.17, 15) is 4.39 Å². The second-order valence-electron chi connectivity index (χ2n) is 4.42. The second-order valence-corrected chi connectivity index (χ2v) is 4.82. The average molecular weight is 258 g/mol. The molecule has 0 amide bonds. The zero-order valence-corrected chi connectivity index (χ0v) is 10.6. The average Bonchev–Trinajstić information content (AvgIpc) is 2.31. The minimum atomic E-state index is -0.306. The molecule has 0 aliphatic carbocycles. The summed E-state index contributed by atoms with van der Waals surface area (Å²) in [7, 11) is 1.93. The molecule has 1 saturated heterocycles. The second kappa shape index (κ2) is 5.80. The zero-order chi connectivity index (χ0) is 12.3. The Balaban J connectivity index is 2.23. The van der Waals surface area contributed by atoms with E-state index in [0.29, 0.717) is 10.9 Å². The molecule has 94 valence electrons. The third-order valence-electron chi connectivity index (χ3n) is 3.18. The molecule has 1 aromatic carbocycles. The smallest absolute Gasteiger partial charge is 0.124 e. The summed E-state index contributed by atoms with van der Waals surface area (Å²) in [5, 5.41) is 3.63. The monoisotopic (exact) mass is 257 g/mol. The molecule has 2 nitrogen and oxygen atoms in total. The Morgan fingerprint density at radius 3 is 3.06 bits per heavy atom. The third-order valence-corrected chi connectivity index (χ3v) is 3.51. The van der Waals surface area contributed by atoms with Gasteiger partial charge in [-0.2, -0.15) is 0 Å². The highest BCUT2D eigenvalue weighted by molar-refractivity contribution is 6.31. The summed E-state index contributed by atoms with van der Waals surface area (Å²) in [5.41, 5.74) is 0.896. The Labute approximate surface area is 106 Å². The van der Waals surface area contributed by atoms with Gasteiger partial charge in [0.2, 0.25) is 0 Å². The van der Waals surface area contributed by atoms with Crippen molar-refractivity contribution in [1.29, 1.82) is 0 Å². The molecule has 17 heavy (non-hydrogen) atoms. The third kappa shape index (κ3) is 2.97. The molecule has 1 aromatic rings. The number of halogens is 2. The standard InChI is InChI=1S/C13H17ClFNO/c1-16-8-9-3-2-6-17-13(9)11-5-4-10(15)7-12(11)14/h4-5,7,9,13,16H,2-3,6,8H2,1H3. The van der Waals surface area contributed by atoms with Gasteiger partial charge in [-0.25, -0.2) is 4.39 Å². The van der Waals surface area contributed by atoms with E-state index in [2.05, 4.69) is 5.32 Å². The summed E-state index contributed by atoms with van der Waals surface area (Å²) < 4.78 is 18.8. The van der Waals surface area contributed by atoms with Gasteiger partial charge in [0.05, 0.1) is 6.10 Å². The Morgan fingerprint density at radius 1 is 1.53 bits per heavy atom. The van der Waals surface area contributed by atoms with Gasteiger partial charge in [-0.15, -0.1) is 0 Å². The van der Waals surface area contributed by atoms with Gasteiger partial charge < -0.3 is 10.1 Å². The highest BCUT2D eigenvalue weighted by Crippen LogP contribution is 2.36. The summed E-state index contributed by atoms with van der Waals surface area (Å²) in [6.45, 7) is 1.64. The van der Waals surface area contributed by atoms with Crippen LogP contribution in [0.2, 0.25) is 5.02 Å². The largest absolute Gasteiger partial charge is 0.373 e. The Kier molecular flexibility index (Phi) is 4.37. The molecule has 2 unspecified atom stereocenters. The van der Waals surface area contributed by atoms with E-state index >= 15 is 0 Å². The first-order chi connectivity index (χ1) is 8.22. The molecule has 0 saturated carbocycles. The van der Waals surface area contributed by atoms with Crippen molar-refractivity contribution in [2.24, 2.45) is 5.92 Å². The van der Waals surface area contributed by atoms with E-state index in [4.69, 9.17) is 16.3 Å². The first-order valence-electron chi connectivity index (χ1n) is 5.93. The molecular weight excluding hydrogens is 241 g/mol. The van der Waals surface area contributed by atoms with E-state index in [1.165, 1.54) is 12.1 Å². The number of nitrogens with one attached hydrogen (secondary N) is 1. The molecule has 1 N–H and O–H groups in total. The summed E-state index contributed by atoms with van der Waals surface area (Å²) in [6.07, 6.45) is 2.16. The van der Waals surface area contributed by atoms with Crippen molar-refractivity contribution in [1.82, 2.24) is 5.32 Å². The fraction of sp³-hybridized carbons (Fsp3) is 0.538. The van der Waals surface area contributed by atoms with Crippen LogP contribution >= 0.6 is 11.6 Å². The topological polar surface area (TPSA) is 21.3 Å². The van der Waals surface area contributed by atoms with Gasteiger partial charge in [-0.3, -0.25) is 0 Å². The van der Waals surface area contributed by atoms with Crippen molar-refractivity contribution < 1.29 is 9.13 Å². The molecule has 2 rings (SSSR count). The first kappa shape index (κ1) is 12.8. The van der Waals surface area contributed by atoms with Crippen LogP contribution in [0.1, 0.15) is 24.5 Å².